The van der Waals surface area contributed by atoms with Crippen molar-refractivity contribution in [1.29, 1.82) is 0 Å². The Morgan fingerprint density at radius 2 is 2.31 bits per heavy atom. The summed E-state index contributed by atoms with van der Waals surface area (Å²) < 4.78 is 0. The van der Waals surface area contributed by atoms with Crippen molar-refractivity contribution in [2.24, 2.45) is 0 Å². The summed E-state index contributed by atoms with van der Waals surface area (Å²) in [7, 11) is 3.89. The number of pyridine rings is 1. The number of nitrogens with zero attached hydrogens (tertiary/aromatic N) is 2. The Labute approximate surface area is 92.7 Å². The van der Waals surface area contributed by atoms with Crippen molar-refractivity contribution in [2.45, 2.75) is 6.54 Å². The molecule has 0 bridgehead atoms. The van der Waals surface area contributed by atoms with Gasteiger partial charge in [0, 0.05) is 18.1 Å². The van der Waals surface area contributed by atoms with Crippen LogP contribution in [0.5, 0.6) is 0 Å². The van der Waals surface area contributed by atoms with E-state index >= 15 is 0 Å². The number of H-pyrrole nitrogens is 1. The van der Waals surface area contributed by atoms with E-state index in [1.165, 1.54) is 0 Å². The number of aromatic carboxylic acids is 1. The third-order valence-electron chi connectivity index (χ3n) is 2.32. The van der Waals surface area contributed by atoms with Crippen molar-refractivity contribution in [2.75, 3.05) is 14.1 Å². The van der Waals surface area contributed by atoms with E-state index < -0.39 is 5.97 Å². The van der Waals surface area contributed by atoms with Crippen LogP contribution >= 0.6 is 0 Å². The van der Waals surface area contributed by atoms with Crippen LogP contribution in [0.4, 0.5) is 0 Å². The predicted molar refractivity (Wildman–Crippen MR) is 60.4 cm³/mol. The van der Waals surface area contributed by atoms with Gasteiger partial charge in [-0.3, -0.25) is 4.98 Å². The smallest absolute Gasteiger partial charge is 0.352 e. The summed E-state index contributed by atoms with van der Waals surface area (Å²) in [5.41, 5.74) is 1.85. The van der Waals surface area contributed by atoms with Crippen molar-refractivity contribution in [3.8, 4) is 0 Å². The molecular formula is C11H13N3O2. The Balaban J connectivity index is 2.54. The van der Waals surface area contributed by atoms with Crippen molar-refractivity contribution < 1.29 is 9.90 Å². The molecule has 2 heterocycles. The lowest BCUT2D eigenvalue weighted by Gasteiger charge is -2.09. The van der Waals surface area contributed by atoms with E-state index in [0.717, 1.165) is 16.6 Å². The Morgan fingerprint density at radius 3 is 2.94 bits per heavy atom. The van der Waals surface area contributed by atoms with Crippen LogP contribution in [0.2, 0.25) is 0 Å². The molecule has 5 nitrogen and oxygen atoms in total. The molecule has 2 aromatic heterocycles. The summed E-state index contributed by atoms with van der Waals surface area (Å²) in [5, 5.41) is 9.78. The van der Waals surface area contributed by atoms with Gasteiger partial charge in [-0.05, 0) is 26.2 Å². The van der Waals surface area contributed by atoms with Crippen LogP contribution in [-0.4, -0.2) is 40.0 Å². The maximum Gasteiger partial charge on any atom is 0.352 e. The van der Waals surface area contributed by atoms with Crippen LogP contribution in [-0.2, 0) is 6.54 Å². The number of carboxylic acids is 1. The average molecular weight is 219 g/mol. The van der Waals surface area contributed by atoms with Crippen LogP contribution in [0.3, 0.4) is 0 Å². The fourth-order valence-corrected chi connectivity index (χ4v) is 1.65. The Bertz CT molecular complexity index is 531. The van der Waals surface area contributed by atoms with Gasteiger partial charge in [0.05, 0.1) is 11.2 Å². The lowest BCUT2D eigenvalue weighted by atomic mass is 10.2. The number of nitrogens with one attached hydrogen (secondary N) is 1. The summed E-state index contributed by atoms with van der Waals surface area (Å²) in [6.07, 6.45) is 1.70. The molecule has 2 N–H and O–H groups in total. The van der Waals surface area contributed by atoms with Crippen molar-refractivity contribution >= 4 is 16.9 Å². The monoisotopic (exact) mass is 219 g/mol. The molecule has 84 valence electrons. The number of rotatable bonds is 3. The molecule has 0 aliphatic carbocycles. The first kappa shape index (κ1) is 10.6. The van der Waals surface area contributed by atoms with Gasteiger partial charge in [-0.1, -0.05) is 0 Å². The molecular weight excluding hydrogens is 206 g/mol. The fraction of sp³-hybridized carbons (Fsp3) is 0.273. The standard InChI is InChI=1S/C11H13N3O2/c1-14(2)6-9-10-7(3-4-12-9)5-8(13-10)11(15)16/h3-5,13H,6H2,1-2H3,(H,15,16). The van der Waals surface area contributed by atoms with Gasteiger partial charge in [0.1, 0.15) is 5.69 Å². The van der Waals surface area contributed by atoms with Gasteiger partial charge >= 0.3 is 5.97 Å². The van der Waals surface area contributed by atoms with Crippen LogP contribution in [0.1, 0.15) is 16.2 Å². The van der Waals surface area contributed by atoms with E-state index in [4.69, 9.17) is 5.11 Å². The van der Waals surface area contributed by atoms with Gasteiger partial charge in [-0.25, -0.2) is 4.79 Å². The molecule has 0 aliphatic heterocycles. The fourth-order valence-electron chi connectivity index (χ4n) is 1.65. The summed E-state index contributed by atoms with van der Waals surface area (Å²) in [6.45, 7) is 0.677. The molecule has 0 saturated heterocycles. The van der Waals surface area contributed by atoms with Gasteiger partial charge < -0.3 is 15.0 Å². The number of carboxylic acid groups (broad SMARTS) is 1. The number of carbonyl (C=O) groups is 1. The van der Waals surface area contributed by atoms with Gasteiger partial charge in [-0.2, -0.15) is 0 Å². The molecule has 2 aromatic rings. The zero-order chi connectivity index (χ0) is 11.7. The average Bonchev–Trinajstić information content (AvgIpc) is 2.61. The minimum Gasteiger partial charge on any atom is -0.477 e. The van der Waals surface area contributed by atoms with Crippen molar-refractivity contribution in [1.82, 2.24) is 14.9 Å². The van der Waals surface area contributed by atoms with E-state index in [1.54, 1.807) is 18.3 Å². The Hall–Kier alpha value is -1.88. The van der Waals surface area contributed by atoms with E-state index in [9.17, 15) is 4.79 Å². The molecule has 5 heteroatoms. The molecule has 0 fully saturated rings. The molecule has 0 aliphatic rings. The second-order valence-electron chi connectivity index (χ2n) is 3.95. The maximum absolute atomic E-state index is 10.8. The molecule has 16 heavy (non-hydrogen) atoms. The zero-order valence-electron chi connectivity index (χ0n) is 9.19. The summed E-state index contributed by atoms with van der Waals surface area (Å²) in [4.78, 5) is 20.0. The van der Waals surface area contributed by atoms with Crippen molar-refractivity contribution in [3.63, 3.8) is 0 Å². The first-order valence-electron chi connectivity index (χ1n) is 4.92. The van der Waals surface area contributed by atoms with E-state index in [2.05, 4.69) is 9.97 Å². The Morgan fingerprint density at radius 1 is 1.56 bits per heavy atom. The molecule has 0 amide bonds. The second kappa shape index (κ2) is 3.94. The topological polar surface area (TPSA) is 69.2 Å². The minimum absolute atomic E-state index is 0.197. The zero-order valence-corrected chi connectivity index (χ0v) is 9.19. The second-order valence-corrected chi connectivity index (χ2v) is 3.95. The molecule has 0 saturated carbocycles. The normalized spacial score (nSPS) is 11.2. The van der Waals surface area contributed by atoms with E-state index in [-0.39, 0.29) is 5.69 Å². The van der Waals surface area contributed by atoms with Crippen LogP contribution in [0.15, 0.2) is 18.3 Å². The summed E-state index contributed by atoms with van der Waals surface area (Å²) in [5.74, 6) is -0.952. The van der Waals surface area contributed by atoms with Crippen LogP contribution < -0.4 is 0 Å². The summed E-state index contributed by atoms with van der Waals surface area (Å²) in [6, 6.07) is 3.43. The van der Waals surface area contributed by atoms with Gasteiger partial charge in [-0.15, -0.1) is 0 Å². The van der Waals surface area contributed by atoms with E-state index in [0.29, 0.717) is 6.54 Å². The predicted octanol–water partition coefficient (Wildman–Crippen LogP) is 1.32. The Kier molecular flexibility index (Phi) is 2.62. The van der Waals surface area contributed by atoms with Gasteiger partial charge in [0.15, 0.2) is 0 Å². The van der Waals surface area contributed by atoms with Crippen molar-refractivity contribution in [3.05, 3.63) is 29.7 Å². The highest BCUT2D eigenvalue weighted by molar-refractivity contribution is 5.94. The molecule has 0 aromatic carbocycles. The number of hydrogen-bond donors (Lipinski definition) is 2. The number of fused-ring (bicyclic) bond motifs is 1. The van der Waals surface area contributed by atoms with Gasteiger partial charge in [0.25, 0.3) is 0 Å². The lowest BCUT2D eigenvalue weighted by Crippen LogP contribution is -2.12. The highest BCUT2D eigenvalue weighted by Gasteiger charge is 2.11. The molecule has 2 rings (SSSR count). The van der Waals surface area contributed by atoms with Crippen LogP contribution in [0, 0.1) is 0 Å². The molecule has 0 unspecified atom stereocenters. The molecule has 0 atom stereocenters. The number of aromatic amines is 1. The van der Waals surface area contributed by atoms with E-state index in [1.807, 2.05) is 19.0 Å². The molecule has 0 radical (unpaired) electrons. The largest absolute Gasteiger partial charge is 0.477 e. The minimum atomic E-state index is -0.952. The highest BCUT2D eigenvalue weighted by atomic mass is 16.4. The number of aromatic nitrogens is 2. The van der Waals surface area contributed by atoms with Gasteiger partial charge in [0.2, 0.25) is 0 Å². The first-order valence-corrected chi connectivity index (χ1v) is 4.92. The quantitative estimate of drug-likeness (QED) is 0.817. The first-order chi connectivity index (χ1) is 7.58. The lowest BCUT2D eigenvalue weighted by molar-refractivity contribution is 0.0691. The SMILES string of the molecule is CN(C)Cc1nccc2cc(C(=O)O)[nH]c12. The number of hydrogen-bond acceptors (Lipinski definition) is 3. The van der Waals surface area contributed by atoms with Crippen LogP contribution in [0.25, 0.3) is 10.9 Å². The third kappa shape index (κ3) is 1.90. The summed E-state index contributed by atoms with van der Waals surface area (Å²) >= 11 is 0. The maximum atomic E-state index is 10.8. The highest BCUT2D eigenvalue weighted by Crippen LogP contribution is 2.18. The molecule has 0 spiro atoms. The third-order valence-corrected chi connectivity index (χ3v) is 2.32.